The summed E-state index contributed by atoms with van der Waals surface area (Å²) < 4.78 is 1.68. The summed E-state index contributed by atoms with van der Waals surface area (Å²) in [4.78, 5) is 2.02. The summed E-state index contributed by atoms with van der Waals surface area (Å²) in [6.45, 7) is 1.95. The molecule has 0 saturated heterocycles. The van der Waals surface area contributed by atoms with Crippen LogP contribution in [0, 0.1) is 0 Å². The van der Waals surface area contributed by atoms with Gasteiger partial charge >= 0.3 is 0 Å². The third kappa shape index (κ3) is 3.83. The quantitative estimate of drug-likeness (QED) is 0.697. The Bertz CT molecular complexity index is 502. The Labute approximate surface area is 117 Å². The molecule has 0 spiro atoms. The van der Waals surface area contributed by atoms with Crippen molar-refractivity contribution in [2.45, 2.75) is 13.0 Å². The van der Waals surface area contributed by atoms with Crippen LogP contribution < -0.4 is 0 Å². The normalized spacial score (nSPS) is 11.2. The molecule has 0 aliphatic carbocycles. The highest BCUT2D eigenvalue weighted by Crippen LogP contribution is 2.09. The van der Waals surface area contributed by atoms with Crippen LogP contribution in [-0.2, 0) is 6.54 Å². The summed E-state index contributed by atoms with van der Waals surface area (Å²) in [7, 11) is 0. The van der Waals surface area contributed by atoms with Gasteiger partial charge in [-0.15, -0.1) is 5.10 Å². The molecule has 0 amide bonds. The minimum Gasteiger partial charge on any atom is -0.396 e. The van der Waals surface area contributed by atoms with Crippen LogP contribution in [0.15, 0.2) is 30.3 Å². The molecular weight excluding hydrogens is 258 g/mol. The zero-order valence-electron chi connectivity index (χ0n) is 11.3. The Kier molecular flexibility index (Phi) is 5.60. The van der Waals surface area contributed by atoms with E-state index in [2.05, 4.69) is 15.5 Å². The Morgan fingerprint density at radius 2 is 1.85 bits per heavy atom. The minimum atomic E-state index is 0.0678. The number of aromatic nitrogens is 4. The van der Waals surface area contributed by atoms with Gasteiger partial charge in [0.1, 0.15) is 0 Å². The number of aliphatic hydroxyl groups is 2. The largest absolute Gasteiger partial charge is 0.396 e. The number of rotatable bonds is 8. The van der Waals surface area contributed by atoms with E-state index in [1.54, 1.807) is 4.68 Å². The lowest BCUT2D eigenvalue weighted by atomic mass is 10.3. The van der Waals surface area contributed by atoms with Gasteiger partial charge in [0.05, 0.1) is 18.8 Å². The molecule has 1 aromatic heterocycles. The summed E-state index contributed by atoms with van der Waals surface area (Å²) in [6.07, 6.45) is 0.660. The molecule has 0 radical (unpaired) electrons. The van der Waals surface area contributed by atoms with Crippen molar-refractivity contribution in [3.05, 3.63) is 36.2 Å². The maximum atomic E-state index is 9.09. The number of tetrazole rings is 1. The molecular formula is C13H19N5O2. The molecule has 0 bridgehead atoms. The van der Waals surface area contributed by atoms with E-state index < -0.39 is 0 Å². The summed E-state index contributed by atoms with van der Waals surface area (Å²) in [6, 6.07) is 9.66. The fourth-order valence-electron chi connectivity index (χ4n) is 1.98. The Balaban J connectivity index is 2.10. The van der Waals surface area contributed by atoms with E-state index >= 15 is 0 Å². The predicted molar refractivity (Wildman–Crippen MR) is 73.2 cm³/mol. The maximum Gasteiger partial charge on any atom is 0.170 e. The highest BCUT2D eigenvalue weighted by Gasteiger charge is 2.12. The molecule has 2 N–H and O–H groups in total. The van der Waals surface area contributed by atoms with Gasteiger partial charge in [-0.25, -0.2) is 0 Å². The first-order valence-corrected chi connectivity index (χ1v) is 6.62. The van der Waals surface area contributed by atoms with Gasteiger partial charge in [0.2, 0.25) is 0 Å². The van der Waals surface area contributed by atoms with E-state index in [-0.39, 0.29) is 13.2 Å². The van der Waals surface area contributed by atoms with Crippen LogP contribution in [0.1, 0.15) is 12.2 Å². The van der Waals surface area contributed by atoms with Crippen molar-refractivity contribution in [3.8, 4) is 5.69 Å². The van der Waals surface area contributed by atoms with E-state index in [0.29, 0.717) is 31.9 Å². The van der Waals surface area contributed by atoms with Crippen molar-refractivity contribution >= 4 is 0 Å². The van der Waals surface area contributed by atoms with Crippen molar-refractivity contribution in [3.63, 3.8) is 0 Å². The van der Waals surface area contributed by atoms with E-state index in [1.165, 1.54) is 0 Å². The topological polar surface area (TPSA) is 87.3 Å². The number of aliphatic hydroxyl groups excluding tert-OH is 2. The Morgan fingerprint density at radius 1 is 1.05 bits per heavy atom. The Morgan fingerprint density at radius 3 is 2.55 bits per heavy atom. The second-order valence-corrected chi connectivity index (χ2v) is 4.42. The molecule has 0 unspecified atom stereocenters. The molecule has 0 fully saturated rings. The molecule has 7 nitrogen and oxygen atoms in total. The molecule has 1 aromatic carbocycles. The second-order valence-electron chi connectivity index (χ2n) is 4.42. The second kappa shape index (κ2) is 7.68. The van der Waals surface area contributed by atoms with Gasteiger partial charge in [0.15, 0.2) is 5.82 Å². The molecule has 2 aromatic rings. The monoisotopic (exact) mass is 277 g/mol. The standard InChI is InChI=1S/C13H19N5O2/c19-9-4-7-17(8-10-20)11-13-14-15-16-18(13)12-5-2-1-3-6-12/h1-3,5-6,19-20H,4,7-11H2. The van der Waals surface area contributed by atoms with Crippen molar-refractivity contribution in [1.29, 1.82) is 0 Å². The smallest absolute Gasteiger partial charge is 0.170 e. The molecule has 0 aliphatic heterocycles. The lowest BCUT2D eigenvalue weighted by Crippen LogP contribution is -2.29. The van der Waals surface area contributed by atoms with E-state index in [4.69, 9.17) is 10.2 Å². The highest BCUT2D eigenvalue weighted by atomic mass is 16.3. The van der Waals surface area contributed by atoms with E-state index in [1.807, 2.05) is 35.2 Å². The Hall–Kier alpha value is -1.83. The van der Waals surface area contributed by atoms with Gasteiger partial charge in [-0.05, 0) is 29.0 Å². The van der Waals surface area contributed by atoms with Crippen LogP contribution >= 0.6 is 0 Å². The zero-order valence-corrected chi connectivity index (χ0v) is 11.3. The fourth-order valence-corrected chi connectivity index (χ4v) is 1.98. The molecule has 2 rings (SSSR count). The van der Waals surface area contributed by atoms with E-state index in [0.717, 1.165) is 5.69 Å². The molecule has 0 atom stereocenters. The number of para-hydroxylation sites is 1. The van der Waals surface area contributed by atoms with Crippen LogP contribution in [0.2, 0.25) is 0 Å². The first-order valence-electron chi connectivity index (χ1n) is 6.62. The number of hydrogen-bond acceptors (Lipinski definition) is 6. The van der Waals surface area contributed by atoms with Crippen molar-refractivity contribution in [2.75, 3.05) is 26.3 Å². The predicted octanol–water partition coefficient (Wildman–Crippen LogP) is -0.161. The number of hydrogen-bond donors (Lipinski definition) is 2. The molecule has 108 valence electrons. The van der Waals surface area contributed by atoms with Crippen molar-refractivity contribution in [2.24, 2.45) is 0 Å². The zero-order chi connectivity index (χ0) is 14.2. The molecule has 7 heteroatoms. The third-order valence-electron chi connectivity index (χ3n) is 2.95. The van der Waals surface area contributed by atoms with Crippen molar-refractivity contribution in [1.82, 2.24) is 25.1 Å². The van der Waals surface area contributed by atoms with Gasteiger partial charge < -0.3 is 10.2 Å². The summed E-state index contributed by atoms with van der Waals surface area (Å²) in [5, 5.41) is 29.7. The first kappa shape index (κ1) is 14.6. The van der Waals surface area contributed by atoms with Crippen LogP contribution in [0.5, 0.6) is 0 Å². The lowest BCUT2D eigenvalue weighted by molar-refractivity contribution is 0.170. The van der Waals surface area contributed by atoms with Gasteiger partial charge in [-0.3, -0.25) is 4.90 Å². The molecule has 0 aliphatic rings. The SMILES string of the molecule is OCCCN(CCO)Cc1nnnn1-c1ccccc1. The van der Waals surface area contributed by atoms with Crippen LogP contribution in [0.4, 0.5) is 0 Å². The first-order chi connectivity index (χ1) is 9.85. The highest BCUT2D eigenvalue weighted by molar-refractivity contribution is 5.30. The van der Waals surface area contributed by atoms with E-state index in [9.17, 15) is 0 Å². The van der Waals surface area contributed by atoms with Gasteiger partial charge in [-0.2, -0.15) is 4.68 Å². The van der Waals surface area contributed by atoms with Crippen LogP contribution in [-0.4, -0.2) is 61.6 Å². The molecule has 0 saturated carbocycles. The van der Waals surface area contributed by atoms with Crippen molar-refractivity contribution < 1.29 is 10.2 Å². The average molecular weight is 277 g/mol. The van der Waals surface area contributed by atoms with Crippen LogP contribution in [0.3, 0.4) is 0 Å². The summed E-state index contributed by atoms with van der Waals surface area (Å²) in [5.41, 5.74) is 0.901. The summed E-state index contributed by atoms with van der Waals surface area (Å²) in [5.74, 6) is 0.711. The average Bonchev–Trinajstić information content (AvgIpc) is 2.94. The van der Waals surface area contributed by atoms with Gasteiger partial charge in [0, 0.05) is 19.7 Å². The van der Waals surface area contributed by atoms with Gasteiger partial charge in [-0.1, -0.05) is 18.2 Å². The molecule has 1 heterocycles. The lowest BCUT2D eigenvalue weighted by Gasteiger charge is -2.20. The third-order valence-corrected chi connectivity index (χ3v) is 2.95. The van der Waals surface area contributed by atoms with Gasteiger partial charge in [0.25, 0.3) is 0 Å². The minimum absolute atomic E-state index is 0.0678. The number of nitrogens with zero attached hydrogens (tertiary/aromatic N) is 5. The summed E-state index contributed by atoms with van der Waals surface area (Å²) >= 11 is 0. The maximum absolute atomic E-state index is 9.09. The molecule has 20 heavy (non-hydrogen) atoms. The van der Waals surface area contributed by atoms with Crippen LogP contribution in [0.25, 0.3) is 5.69 Å². The fraction of sp³-hybridized carbons (Fsp3) is 0.462. The number of benzene rings is 1.